The van der Waals surface area contributed by atoms with Gasteiger partial charge in [-0.3, -0.25) is 9.59 Å². The average molecular weight is 192 g/mol. The van der Waals surface area contributed by atoms with E-state index in [1.165, 1.54) is 0 Å². The number of hydrogen-bond acceptors (Lipinski definition) is 5. The van der Waals surface area contributed by atoms with Gasteiger partial charge in [0.25, 0.3) is 6.47 Å². The molecule has 0 bridgehead atoms. The van der Waals surface area contributed by atoms with Crippen LogP contribution in [-0.2, 0) is 19.1 Å². The van der Waals surface area contributed by atoms with Crippen LogP contribution in [0.5, 0.6) is 0 Å². The van der Waals surface area contributed by atoms with Crippen LogP contribution >= 0.6 is 0 Å². The number of carbonyl (C=O) groups is 3. The van der Waals surface area contributed by atoms with Crippen LogP contribution in [0.3, 0.4) is 0 Å². The van der Waals surface area contributed by atoms with Gasteiger partial charge in [-0.05, 0) is 0 Å². The molecule has 0 rings (SSSR count). The summed E-state index contributed by atoms with van der Waals surface area (Å²) in [5.41, 5.74) is 0. The predicted molar refractivity (Wildman–Crippen MR) is 36.8 cm³/mol. The number of carbonyl (C=O) groups excluding carboxylic acids is 1. The summed E-state index contributed by atoms with van der Waals surface area (Å²) in [7, 11) is 0. The molecule has 0 aliphatic heterocycles. The molecule has 2 atom stereocenters. The predicted octanol–water partition coefficient (Wildman–Crippen LogP) is -1.69. The lowest BCUT2D eigenvalue weighted by molar-refractivity contribution is -0.163. The number of rotatable bonds is 6. The minimum absolute atomic E-state index is 0.0233. The molecule has 0 aromatic heterocycles. The first-order chi connectivity index (χ1) is 6.00. The van der Waals surface area contributed by atoms with Gasteiger partial charge in [0.15, 0.2) is 6.10 Å². The van der Waals surface area contributed by atoms with Crippen LogP contribution in [-0.4, -0.2) is 46.4 Å². The quantitative estimate of drug-likeness (QED) is 0.429. The van der Waals surface area contributed by atoms with Crippen LogP contribution in [0.25, 0.3) is 0 Å². The Bertz CT molecular complexity index is 211. The normalized spacial score (nSPS) is 14.2. The lowest BCUT2D eigenvalue weighted by atomic mass is 10.0. The number of aliphatic carboxylic acids is 2. The van der Waals surface area contributed by atoms with Gasteiger partial charge in [0, 0.05) is 0 Å². The highest BCUT2D eigenvalue weighted by molar-refractivity contribution is 5.81. The van der Waals surface area contributed by atoms with E-state index in [1.807, 2.05) is 0 Å². The lowest BCUT2D eigenvalue weighted by Gasteiger charge is -2.13. The summed E-state index contributed by atoms with van der Waals surface area (Å²) in [4.78, 5) is 30.2. The lowest BCUT2D eigenvalue weighted by Crippen LogP contribution is -2.37. The first-order valence-electron chi connectivity index (χ1n) is 3.19. The molecular weight excluding hydrogens is 184 g/mol. The van der Waals surface area contributed by atoms with E-state index < -0.39 is 30.6 Å². The van der Waals surface area contributed by atoms with Crippen molar-refractivity contribution in [1.29, 1.82) is 0 Å². The Morgan fingerprint density at radius 3 is 2.15 bits per heavy atom. The van der Waals surface area contributed by atoms with E-state index >= 15 is 0 Å². The van der Waals surface area contributed by atoms with Gasteiger partial charge in [0.1, 0.15) is 12.5 Å². The molecule has 0 saturated heterocycles. The van der Waals surface area contributed by atoms with Gasteiger partial charge in [0.05, 0.1) is 0 Å². The van der Waals surface area contributed by atoms with Crippen LogP contribution in [0.4, 0.5) is 0 Å². The van der Waals surface area contributed by atoms with Gasteiger partial charge in [-0.1, -0.05) is 0 Å². The van der Waals surface area contributed by atoms with E-state index in [4.69, 9.17) is 15.3 Å². The van der Waals surface area contributed by atoms with Gasteiger partial charge < -0.3 is 20.1 Å². The van der Waals surface area contributed by atoms with Crippen LogP contribution in [0, 0.1) is 5.92 Å². The van der Waals surface area contributed by atoms with Crippen molar-refractivity contribution in [3.05, 3.63) is 0 Å². The number of aliphatic hydroxyl groups is 1. The average Bonchev–Trinajstić information content (AvgIpc) is 2.04. The maximum atomic E-state index is 10.3. The van der Waals surface area contributed by atoms with E-state index in [9.17, 15) is 14.4 Å². The fourth-order valence-corrected chi connectivity index (χ4v) is 0.613. The number of carboxylic acids is 2. The number of carboxylic acid groups (broad SMARTS) is 2. The Morgan fingerprint density at radius 2 is 1.85 bits per heavy atom. The molecule has 0 amide bonds. The fraction of sp³-hybridized carbons (Fsp3) is 0.500. The summed E-state index contributed by atoms with van der Waals surface area (Å²) >= 11 is 0. The molecule has 7 nitrogen and oxygen atoms in total. The summed E-state index contributed by atoms with van der Waals surface area (Å²) in [5, 5.41) is 25.5. The van der Waals surface area contributed by atoms with Crippen molar-refractivity contribution in [1.82, 2.24) is 0 Å². The highest BCUT2D eigenvalue weighted by Crippen LogP contribution is 2.05. The number of ether oxygens (including phenoxy) is 1. The van der Waals surface area contributed by atoms with Crippen LogP contribution < -0.4 is 0 Å². The molecule has 0 aliphatic rings. The van der Waals surface area contributed by atoms with Crippen molar-refractivity contribution in [2.45, 2.75) is 6.10 Å². The van der Waals surface area contributed by atoms with E-state index in [0.29, 0.717) is 0 Å². The number of aliphatic hydroxyl groups excluding tert-OH is 1. The van der Waals surface area contributed by atoms with Gasteiger partial charge in [-0.2, -0.15) is 0 Å². The van der Waals surface area contributed by atoms with Gasteiger partial charge >= 0.3 is 11.9 Å². The Morgan fingerprint density at radius 1 is 1.31 bits per heavy atom. The minimum atomic E-state index is -2.09. The highest BCUT2D eigenvalue weighted by atomic mass is 16.5. The molecular formula is C6H8O7. The van der Waals surface area contributed by atoms with Gasteiger partial charge in [-0.15, -0.1) is 0 Å². The summed E-state index contributed by atoms with van der Waals surface area (Å²) in [5.74, 6) is -4.87. The summed E-state index contributed by atoms with van der Waals surface area (Å²) in [6.07, 6.45) is -2.09. The van der Waals surface area contributed by atoms with Crippen molar-refractivity contribution in [2.24, 2.45) is 5.92 Å². The maximum Gasteiger partial charge on any atom is 0.333 e. The van der Waals surface area contributed by atoms with E-state index in [-0.39, 0.29) is 6.47 Å². The second-order valence-corrected chi connectivity index (χ2v) is 2.16. The molecule has 0 aliphatic carbocycles. The molecule has 0 heterocycles. The van der Waals surface area contributed by atoms with Crippen LogP contribution in [0.2, 0.25) is 0 Å². The van der Waals surface area contributed by atoms with Crippen molar-refractivity contribution in [2.75, 3.05) is 6.61 Å². The molecule has 2 unspecified atom stereocenters. The van der Waals surface area contributed by atoms with Gasteiger partial charge in [-0.25, -0.2) is 4.79 Å². The van der Waals surface area contributed by atoms with Crippen LogP contribution in [0.15, 0.2) is 0 Å². The zero-order valence-corrected chi connectivity index (χ0v) is 6.41. The monoisotopic (exact) mass is 192 g/mol. The molecule has 3 N–H and O–H groups in total. The second-order valence-electron chi connectivity index (χ2n) is 2.16. The van der Waals surface area contributed by atoms with Crippen molar-refractivity contribution < 1.29 is 34.4 Å². The van der Waals surface area contributed by atoms with Crippen molar-refractivity contribution in [3.63, 3.8) is 0 Å². The molecule has 0 aromatic carbocycles. The Kier molecular flexibility index (Phi) is 4.45. The molecule has 7 heteroatoms. The standard InChI is InChI=1S/C6H8O7/c7-2-13-1-3(5(9)10)4(8)6(11)12/h2-4,8H,1H2,(H,9,10)(H,11,12). The smallest absolute Gasteiger partial charge is 0.333 e. The molecule has 0 fully saturated rings. The fourth-order valence-electron chi connectivity index (χ4n) is 0.613. The summed E-state index contributed by atoms with van der Waals surface area (Å²) < 4.78 is 4.04. The molecule has 0 spiro atoms. The van der Waals surface area contributed by atoms with Crippen molar-refractivity contribution >= 4 is 18.4 Å². The SMILES string of the molecule is O=COCC(C(=O)O)C(O)C(=O)O. The largest absolute Gasteiger partial charge is 0.481 e. The minimum Gasteiger partial charge on any atom is -0.481 e. The first-order valence-corrected chi connectivity index (χ1v) is 3.19. The Balaban J connectivity index is 4.31. The maximum absolute atomic E-state index is 10.3. The molecule has 0 aromatic rings. The molecule has 74 valence electrons. The van der Waals surface area contributed by atoms with E-state index in [0.717, 1.165) is 0 Å². The number of hydrogen-bond donors (Lipinski definition) is 3. The Labute approximate surface area is 72.5 Å². The summed E-state index contributed by atoms with van der Waals surface area (Å²) in [6, 6.07) is 0. The highest BCUT2D eigenvalue weighted by Gasteiger charge is 2.32. The van der Waals surface area contributed by atoms with Gasteiger partial charge in [0.2, 0.25) is 0 Å². The van der Waals surface area contributed by atoms with Crippen molar-refractivity contribution in [3.8, 4) is 0 Å². The topological polar surface area (TPSA) is 121 Å². The van der Waals surface area contributed by atoms with E-state index in [2.05, 4.69) is 4.74 Å². The molecule has 0 radical (unpaired) electrons. The third-order valence-electron chi connectivity index (χ3n) is 1.30. The molecule has 13 heavy (non-hydrogen) atoms. The summed E-state index contributed by atoms with van der Waals surface area (Å²) in [6.45, 7) is -0.698. The second kappa shape index (κ2) is 5.09. The first kappa shape index (κ1) is 11.4. The van der Waals surface area contributed by atoms with Crippen LogP contribution in [0.1, 0.15) is 0 Å². The molecule has 0 saturated carbocycles. The zero-order chi connectivity index (χ0) is 10.4. The van der Waals surface area contributed by atoms with E-state index in [1.54, 1.807) is 0 Å². The Hall–Kier alpha value is -1.63. The third kappa shape index (κ3) is 3.52. The zero-order valence-electron chi connectivity index (χ0n) is 6.41. The third-order valence-corrected chi connectivity index (χ3v) is 1.30.